The number of amides is 1. The first-order valence-corrected chi connectivity index (χ1v) is 8.37. The van der Waals surface area contributed by atoms with Gasteiger partial charge in [0.15, 0.2) is 0 Å². The summed E-state index contributed by atoms with van der Waals surface area (Å²) in [5.41, 5.74) is 0.168. The van der Waals surface area contributed by atoms with Crippen molar-refractivity contribution in [2.75, 3.05) is 13.2 Å². The second-order valence-corrected chi connectivity index (χ2v) is 6.37. The summed E-state index contributed by atoms with van der Waals surface area (Å²) in [5, 5.41) is 20.3. The second kappa shape index (κ2) is 7.55. The maximum atomic E-state index is 13.0. The average Bonchev–Trinajstić information content (AvgIpc) is 2.68. The quantitative estimate of drug-likeness (QED) is 0.654. The lowest BCUT2D eigenvalue weighted by atomic mass is 10.0. The topological polar surface area (TPSA) is 110 Å². The summed E-state index contributed by atoms with van der Waals surface area (Å²) < 4.78 is 5.82. The van der Waals surface area contributed by atoms with Gasteiger partial charge in [-0.25, -0.2) is 4.79 Å². The summed E-state index contributed by atoms with van der Waals surface area (Å²) in [7, 11) is 0. The number of carboxylic acids is 1. The average molecular weight is 370 g/mol. The Balaban J connectivity index is 1.91. The van der Waals surface area contributed by atoms with E-state index in [-0.39, 0.29) is 29.8 Å². The number of aromatic carboxylic acids is 1. The Morgan fingerprint density at radius 2 is 1.85 bits per heavy atom. The smallest absolute Gasteiger partial charge is 0.335 e. The van der Waals surface area contributed by atoms with Crippen molar-refractivity contribution < 1.29 is 24.4 Å². The predicted octanol–water partition coefficient (Wildman–Crippen LogP) is 2.90. The number of carbonyl (C=O) groups is 2. The minimum absolute atomic E-state index is 0.0258. The van der Waals surface area contributed by atoms with Crippen molar-refractivity contribution >= 4 is 17.6 Å². The lowest BCUT2D eigenvalue weighted by molar-refractivity contribution is -0.384. The van der Waals surface area contributed by atoms with Crippen molar-refractivity contribution in [3.05, 3.63) is 75.3 Å². The summed E-state index contributed by atoms with van der Waals surface area (Å²) in [6, 6.07) is 12.4. The normalized spacial score (nSPS) is 19.5. The summed E-state index contributed by atoms with van der Waals surface area (Å²) in [5.74, 6) is -1.79. The van der Waals surface area contributed by atoms with E-state index in [9.17, 15) is 24.8 Å². The van der Waals surface area contributed by atoms with Crippen LogP contribution in [0, 0.1) is 10.1 Å². The molecule has 1 fully saturated rings. The minimum Gasteiger partial charge on any atom is -0.478 e. The SMILES string of the molecule is CC1COC(c2ccccc2)CN1C(=O)c1cc(C(=O)O)cc([N+](=O)[O-])c1. The van der Waals surface area contributed by atoms with E-state index in [1.165, 1.54) is 0 Å². The van der Waals surface area contributed by atoms with E-state index < -0.39 is 22.5 Å². The molecule has 2 aromatic rings. The molecule has 27 heavy (non-hydrogen) atoms. The third-order valence-corrected chi connectivity index (χ3v) is 4.49. The third-order valence-electron chi connectivity index (χ3n) is 4.49. The fourth-order valence-corrected chi connectivity index (χ4v) is 3.04. The minimum atomic E-state index is -1.33. The van der Waals surface area contributed by atoms with E-state index in [1.54, 1.807) is 4.90 Å². The Morgan fingerprint density at radius 3 is 2.48 bits per heavy atom. The number of hydrogen-bond acceptors (Lipinski definition) is 5. The number of nitro groups is 1. The Bertz CT molecular complexity index is 851. The first-order valence-electron chi connectivity index (χ1n) is 8.37. The first kappa shape index (κ1) is 18.5. The summed E-state index contributed by atoms with van der Waals surface area (Å²) in [4.78, 5) is 36.2. The van der Waals surface area contributed by atoms with Crippen LogP contribution in [-0.4, -0.2) is 46.0 Å². The summed E-state index contributed by atoms with van der Waals surface area (Å²) in [6.45, 7) is 2.40. The molecule has 3 rings (SSSR count). The molecule has 0 spiro atoms. The van der Waals surface area contributed by atoms with Gasteiger partial charge in [-0.2, -0.15) is 0 Å². The van der Waals surface area contributed by atoms with Crippen LogP contribution in [0.3, 0.4) is 0 Å². The lowest BCUT2D eigenvalue weighted by Crippen LogP contribution is -2.48. The van der Waals surface area contributed by atoms with Crippen LogP contribution in [0.25, 0.3) is 0 Å². The number of hydrogen-bond donors (Lipinski definition) is 1. The van der Waals surface area contributed by atoms with E-state index in [4.69, 9.17) is 4.74 Å². The Kier molecular flexibility index (Phi) is 5.18. The maximum absolute atomic E-state index is 13.0. The van der Waals surface area contributed by atoms with Crippen LogP contribution in [0.5, 0.6) is 0 Å². The Morgan fingerprint density at radius 1 is 1.19 bits per heavy atom. The van der Waals surface area contributed by atoms with Gasteiger partial charge in [0.2, 0.25) is 0 Å². The molecular formula is C19H18N2O6. The Labute approximate surface area is 155 Å². The second-order valence-electron chi connectivity index (χ2n) is 6.37. The molecule has 1 saturated heterocycles. The highest BCUT2D eigenvalue weighted by Gasteiger charge is 2.32. The predicted molar refractivity (Wildman–Crippen MR) is 95.7 cm³/mol. The molecule has 0 saturated carbocycles. The Hall–Kier alpha value is -3.26. The molecule has 1 amide bonds. The zero-order valence-electron chi connectivity index (χ0n) is 14.6. The van der Waals surface area contributed by atoms with Crippen LogP contribution < -0.4 is 0 Å². The highest BCUT2D eigenvalue weighted by molar-refractivity contribution is 5.98. The highest BCUT2D eigenvalue weighted by Crippen LogP contribution is 2.27. The van der Waals surface area contributed by atoms with Gasteiger partial charge in [-0.15, -0.1) is 0 Å². The number of carboxylic acid groups (broad SMARTS) is 1. The van der Waals surface area contributed by atoms with Gasteiger partial charge in [-0.1, -0.05) is 30.3 Å². The fraction of sp³-hybridized carbons (Fsp3) is 0.263. The number of non-ortho nitro benzene ring substituents is 1. The molecule has 8 nitrogen and oxygen atoms in total. The van der Waals surface area contributed by atoms with Crippen molar-refractivity contribution in [3.63, 3.8) is 0 Å². The highest BCUT2D eigenvalue weighted by atomic mass is 16.6. The van der Waals surface area contributed by atoms with Gasteiger partial charge < -0.3 is 14.7 Å². The van der Waals surface area contributed by atoms with Crippen LogP contribution in [0.1, 0.15) is 39.3 Å². The van der Waals surface area contributed by atoms with E-state index >= 15 is 0 Å². The molecule has 0 bridgehead atoms. The van der Waals surface area contributed by atoms with Gasteiger partial charge in [0.05, 0.1) is 29.7 Å². The number of carbonyl (C=O) groups excluding carboxylic acids is 1. The standard InChI is InChI=1S/C19H18N2O6/c1-12-11-27-17(13-5-3-2-4-6-13)10-20(12)18(22)14-7-15(19(23)24)9-16(8-14)21(25)26/h2-9,12,17H,10-11H2,1H3,(H,23,24). The molecule has 1 aliphatic rings. The van der Waals surface area contributed by atoms with Gasteiger partial charge in [-0.3, -0.25) is 14.9 Å². The van der Waals surface area contributed by atoms with Gasteiger partial charge in [0.25, 0.3) is 11.6 Å². The molecule has 0 aromatic heterocycles. The van der Waals surface area contributed by atoms with E-state index in [0.29, 0.717) is 6.61 Å². The number of nitro benzene ring substituents is 1. The molecule has 1 heterocycles. The maximum Gasteiger partial charge on any atom is 0.335 e. The fourth-order valence-electron chi connectivity index (χ4n) is 3.04. The van der Waals surface area contributed by atoms with Crippen LogP contribution in [0.2, 0.25) is 0 Å². The van der Waals surface area contributed by atoms with Crippen molar-refractivity contribution in [3.8, 4) is 0 Å². The van der Waals surface area contributed by atoms with Crippen molar-refractivity contribution in [1.29, 1.82) is 0 Å². The van der Waals surface area contributed by atoms with Crippen LogP contribution in [0.15, 0.2) is 48.5 Å². The van der Waals surface area contributed by atoms with Gasteiger partial charge in [-0.05, 0) is 18.6 Å². The molecule has 1 N–H and O–H groups in total. The molecule has 2 aromatic carbocycles. The monoisotopic (exact) mass is 370 g/mol. The zero-order chi connectivity index (χ0) is 19.6. The summed E-state index contributed by atoms with van der Waals surface area (Å²) in [6.07, 6.45) is -0.316. The zero-order valence-corrected chi connectivity index (χ0v) is 14.6. The lowest BCUT2D eigenvalue weighted by Gasteiger charge is -2.38. The van der Waals surface area contributed by atoms with Gasteiger partial charge >= 0.3 is 5.97 Å². The van der Waals surface area contributed by atoms with E-state index in [2.05, 4.69) is 0 Å². The molecule has 2 atom stereocenters. The number of ether oxygens (including phenoxy) is 1. The van der Waals surface area contributed by atoms with Crippen molar-refractivity contribution in [1.82, 2.24) is 4.90 Å². The van der Waals surface area contributed by atoms with Crippen molar-refractivity contribution in [2.45, 2.75) is 19.1 Å². The number of rotatable bonds is 4. The molecule has 8 heteroatoms. The van der Waals surface area contributed by atoms with Crippen LogP contribution >= 0.6 is 0 Å². The van der Waals surface area contributed by atoms with Gasteiger partial charge in [0, 0.05) is 17.7 Å². The van der Waals surface area contributed by atoms with E-state index in [1.807, 2.05) is 37.3 Å². The molecular weight excluding hydrogens is 352 g/mol. The number of benzene rings is 2. The van der Waals surface area contributed by atoms with Crippen molar-refractivity contribution in [2.24, 2.45) is 0 Å². The van der Waals surface area contributed by atoms with Gasteiger partial charge in [0.1, 0.15) is 6.10 Å². The van der Waals surface area contributed by atoms with Crippen LogP contribution in [-0.2, 0) is 4.74 Å². The number of morpholine rings is 1. The summed E-state index contributed by atoms with van der Waals surface area (Å²) >= 11 is 0. The molecule has 0 radical (unpaired) electrons. The number of nitrogens with zero attached hydrogens (tertiary/aromatic N) is 2. The van der Waals surface area contributed by atoms with E-state index in [0.717, 1.165) is 23.8 Å². The molecule has 1 aliphatic heterocycles. The molecule has 0 aliphatic carbocycles. The molecule has 2 unspecified atom stereocenters. The first-order chi connectivity index (χ1) is 12.9. The van der Waals surface area contributed by atoms with Crippen LogP contribution in [0.4, 0.5) is 5.69 Å². The third kappa shape index (κ3) is 3.95. The molecule has 140 valence electrons. The largest absolute Gasteiger partial charge is 0.478 e.